The fourth-order valence-electron chi connectivity index (χ4n) is 1.99. The monoisotopic (exact) mass is 401 g/mol. The minimum absolute atomic E-state index is 0.130. The van der Waals surface area contributed by atoms with Crippen LogP contribution in [0.2, 0.25) is 10.0 Å². The smallest absolute Gasteiger partial charge is 0.270 e. The van der Waals surface area contributed by atoms with Gasteiger partial charge in [0.25, 0.3) is 0 Å². The Bertz CT molecular complexity index is 766. The number of amides is 1. The van der Waals surface area contributed by atoms with E-state index in [0.717, 1.165) is 12.1 Å². The zero-order chi connectivity index (χ0) is 19.0. The Morgan fingerprint density at radius 3 is 1.76 bits per heavy atom. The number of halogens is 8. The number of carbonyl (C=O) groups excluding carboxylic acids is 1. The average Bonchev–Trinajstić information content (AvgIpc) is 2.49. The van der Waals surface area contributed by atoms with Gasteiger partial charge in [0.2, 0.25) is 0 Å². The summed E-state index contributed by atoms with van der Waals surface area (Å²) in [4.78, 5) is 11.9. The number of nitrogens with zero attached hydrogens (tertiary/aromatic N) is 1. The van der Waals surface area contributed by atoms with Gasteiger partial charge in [-0.1, -0.05) is 41.4 Å². The molecule has 10 heteroatoms. The van der Waals surface area contributed by atoms with E-state index in [1.165, 1.54) is 18.2 Å². The van der Waals surface area contributed by atoms with Crippen LogP contribution < -0.4 is 4.90 Å². The molecule has 0 spiro atoms. The maximum atomic E-state index is 12.9. The first kappa shape index (κ1) is 19.4. The molecule has 0 N–H and O–H groups in total. The molecule has 0 saturated carbocycles. The summed E-state index contributed by atoms with van der Waals surface area (Å²) in [7, 11) is 0. The third-order valence-corrected chi connectivity index (χ3v) is 3.60. The molecule has 2 aromatic rings. The van der Waals surface area contributed by atoms with Crippen LogP contribution in [0.1, 0.15) is 5.56 Å². The third kappa shape index (κ3) is 4.19. The third-order valence-electron chi connectivity index (χ3n) is 3.03. The van der Waals surface area contributed by atoms with Crippen molar-refractivity contribution in [2.24, 2.45) is 0 Å². The molecule has 2 aromatic carbocycles. The molecule has 0 aliphatic carbocycles. The predicted molar refractivity (Wildman–Crippen MR) is 81.1 cm³/mol. The predicted octanol–water partition coefficient (Wildman–Crippen LogP) is 6.24. The molecule has 0 fully saturated rings. The van der Waals surface area contributed by atoms with E-state index in [-0.39, 0.29) is 10.6 Å². The summed E-state index contributed by atoms with van der Waals surface area (Å²) in [6, 6.07) is 7.30. The summed E-state index contributed by atoms with van der Waals surface area (Å²) in [6.45, 7) is 0. The summed E-state index contributed by atoms with van der Waals surface area (Å²) in [5.41, 5.74) is -2.20. The van der Waals surface area contributed by atoms with Crippen molar-refractivity contribution in [3.63, 3.8) is 0 Å². The fourth-order valence-corrected chi connectivity index (χ4v) is 2.65. The second-order valence-electron chi connectivity index (χ2n) is 4.76. The summed E-state index contributed by atoms with van der Waals surface area (Å²) < 4.78 is 77.2. The SMILES string of the molecule is O=C(N(c1ccccc1)c1c(Cl)cc(C(F)(F)F)cc1Cl)C(F)(F)F. The number of hydrogen-bond donors (Lipinski definition) is 0. The summed E-state index contributed by atoms with van der Waals surface area (Å²) in [5.74, 6) is -2.35. The Morgan fingerprint density at radius 2 is 1.36 bits per heavy atom. The second kappa shape index (κ2) is 6.76. The Morgan fingerprint density at radius 1 is 0.880 bits per heavy atom. The van der Waals surface area contributed by atoms with Crippen LogP contribution in [0.15, 0.2) is 42.5 Å². The molecule has 134 valence electrons. The molecule has 0 bridgehead atoms. The van der Waals surface area contributed by atoms with E-state index in [1.807, 2.05) is 0 Å². The highest BCUT2D eigenvalue weighted by atomic mass is 35.5. The van der Waals surface area contributed by atoms with E-state index in [9.17, 15) is 31.1 Å². The van der Waals surface area contributed by atoms with Crippen LogP contribution in [0.4, 0.5) is 37.7 Å². The quantitative estimate of drug-likeness (QED) is 0.545. The molecule has 0 atom stereocenters. The first-order valence-electron chi connectivity index (χ1n) is 6.45. The zero-order valence-electron chi connectivity index (χ0n) is 11.9. The van der Waals surface area contributed by atoms with Gasteiger partial charge in [-0.25, -0.2) is 0 Å². The van der Waals surface area contributed by atoms with E-state index in [1.54, 1.807) is 0 Å². The zero-order valence-corrected chi connectivity index (χ0v) is 13.4. The van der Waals surface area contributed by atoms with Gasteiger partial charge in [-0.05, 0) is 24.3 Å². The number of anilines is 2. The van der Waals surface area contributed by atoms with Gasteiger partial charge in [-0.2, -0.15) is 26.3 Å². The van der Waals surface area contributed by atoms with Crippen LogP contribution >= 0.6 is 23.2 Å². The van der Waals surface area contributed by atoms with Crippen LogP contribution in [-0.4, -0.2) is 12.1 Å². The van der Waals surface area contributed by atoms with Crippen molar-refractivity contribution >= 4 is 40.5 Å². The van der Waals surface area contributed by atoms with Crippen LogP contribution in [-0.2, 0) is 11.0 Å². The molecule has 2 nitrogen and oxygen atoms in total. The van der Waals surface area contributed by atoms with Crippen molar-refractivity contribution in [2.75, 3.05) is 4.90 Å². The Hall–Kier alpha value is -1.93. The Kier molecular flexibility index (Phi) is 5.24. The number of hydrogen-bond acceptors (Lipinski definition) is 1. The van der Waals surface area contributed by atoms with Gasteiger partial charge in [-0.15, -0.1) is 0 Å². The van der Waals surface area contributed by atoms with E-state index in [4.69, 9.17) is 23.2 Å². The first-order chi connectivity index (χ1) is 11.4. The molecule has 2 rings (SSSR count). The van der Waals surface area contributed by atoms with Gasteiger partial charge in [0.05, 0.1) is 21.3 Å². The standard InChI is InChI=1S/C15H7Cl2F6NO/c16-10-6-8(14(18,19)20)7-11(17)12(10)24(13(25)15(21,22)23)9-4-2-1-3-5-9/h1-7H. The van der Waals surface area contributed by atoms with Gasteiger partial charge in [-0.3, -0.25) is 9.69 Å². The minimum Gasteiger partial charge on any atom is -0.270 e. The number of carbonyl (C=O) groups is 1. The summed E-state index contributed by atoms with van der Waals surface area (Å²) >= 11 is 11.5. The maximum Gasteiger partial charge on any atom is 0.472 e. The fraction of sp³-hybridized carbons (Fsp3) is 0.133. The molecule has 0 aliphatic heterocycles. The van der Waals surface area contributed by atoms with Crippen LogP contribution in [0.3, 0.4) is 0 Å². The molecule has 25 heavy (non-hydrogen) atoms. The number of alkyl halides is 6. The molecule has 0 heterocycles. The van der Waals surface area contributed by atoms with Gasteiger partial charge in [0, 0.05) is 5.69 Å². The van der Waals surface area contributed by atoms with Crippen molar-refractivity contribution in [1.82, 2.24) is 0 Å². The maximum absolute atomic E-state index is 12.9. The van der Waals surface area contributed by atoms with Gasteiger partial charge in [0.1, 0.15) is 0 Å². The van der Waals surface area contributed by atoms with Crippen LogP contribution in [0, 0.1) is 0 Å². The van der Waals surface area contributed by atoms with E-state index in [0.29, 0.717) is 12.1 Å². The number of benzene rings is 2. The lowest BCUT2D eigenvalue weighted by atomic mass is 10.1. The molecule has 0 aliphatic rings. The molecule has 0 radical (unpaired) electrons. The molecular formula is C15H7Cl2F6NO. The second-order valence-corrected chi connectivity index (χ2v) is 5.57. The normalized spacial score (nSPS) is 12.2. The van der Waals surface area contributed by atoms with Gasteiger partial charge >= 0.3 is 18.3 Å². The first-order valence-corrected chi connectivity index (χ1v) is 7.21. The van der Waals surface area contributed by atoms with Crippen LogP contribution in [0.25, 0.3) is 0 Å². The Labute approximate surface area is 147 Å². The van der Waals surface area contributed by atoms with Crippen LogP contribution in [0.5, 0.6) is 0 Å². The van der Waals surface area contributed by atoms with Crippen molar-refractivity contribution in [3.05, 3.63) is 58.1 Å². The van der Waals surface area contributed by atoms with Gasteiger partial charge < -0.3 is 0 Å². The molecule has 0 unspecified atom stereocenters. The molecular weight excluding hydrogens is 395 g/mol. The van der Waals surface area contributed by atoms with E-state index < -0.39 is 39.6 Å². The van der Waals surface area contributed by atoms with Crippen molar-refractivity contribution < 1.29 is 31.1 Å². The highest BCUT2D eigenvalue weighted by Crippen LogP contribution is 2.43. The molecule has 0 saturated heterocycles. The number of rotatable bonds is 2. The highest BCUT2D eigenvalue weighted by molar-refractivity contribution is 6.40. The van der Waals surface area contributed by atoms with E-state index in [2.05, 4.69) is 0 Å². The topological polar surface area (TPSA) is 20.3 Å². The summed E-state index contributed by atoms with van der Waals surface area (Å²) in [5, 5.41) is -1.50. The molecule has 1 amide bonds. The van der Waals surface area contributed by atoms with Crippen molar-refractivity contribution in [2.45, 2.75) is 12.4 Å². The average molecular weight is 402 g/mol. The Balaban J connectivity index is 2.69. The minimum atomic E-state index is -5.30. The largest absolute Gasteiger partial charge is 0.472 e. The lowest BCUT2D eigenvalue weighted by molar-refractivity contribution is -0.169. The van der Waals surface area contributed by atoms with Crippen molar-refractivity contribution in [1.29, 1.82) is 0 Å². The highest BCUT2D eigenvalue weighted by Gasteiger charge is 2.45. The van der Waals surface area contributed by atoms with E-state index >= 15 is 0 Å². The molecule has 0 aromatic heterocycles. The summed E-state index contributed by atoms with van der Waals surface area (Å²) in [6.07, 6.45) is -10.1. The lowest BCUT2D eigenvalue weighted by Crippen LogP contribution is -2.38. The van der Waals surface area contributed by atoms with Gasteiger partial charge in [0.15, 0.2) is 0 Å². The van der Waals surface area contributed by atoms with Crippen molar-refractivity contribution in [3.8, 4) is 0 Å². The number of para-hydroxylation sites is 1. The lowest BCUT2D eigenvalue weighted by Gasteiger charge is -2.26.